The van der Waals surface area contributed by atoms with Gasteiger partial charge < -0.3 is 14.2 Å². The lowest BCUT2D eigenvalue weighted by molar-refractivity contribution is -0.149. The summed E-state index contributed by atoms with van der Waals surface area (Å²) >= 11 is 4.19. The van der Waals surface area contributed by atoms with Gasteiger partial charge in [-0.15, -0.1) is 0 Å². The van der Waals surface area contributed by atoms with Gasteiger partial charge >= 0.3 is 5.97 Å². The highest BCUT2D eigenvalue weighted by molar-refractivity contribution is 9.10. The number of hydrogen-bond donors (Lipinski definition) is 0. The Morgan fingerprint density at radius 2 is 1.88 bits per heavy atom. The smallest absolute Gasteiger partial charge is 0.326 e. The fourth-order valence-electron chi connectivity index (χ4n) is 2.88. The van der Waals surface area contributed by atoms with Crippen LogP contribution in [0.15, 0.2) is 45.8 Å². The maximum atomic E-state index is 13.1. The number of hydrogen-bond acceptors (Lipinski definition) is 7. The molecular weight excluding hydrogens is 517 g/mol. The molecule has 2 amide bonds. The lowest BCUT2D eigenvalue weighted by Gasteiger charge is -2.14. The molecule has 1 saturated heterocycles. The van der Waals surface area contributed by atoms with Gasteiger partial charge in [-0.25, -0.2) is 4.39 Å². The van der Waals surface area contributed by atoms with Crippen LogP contribution in [0.2, 0.25) is 0 Å². The molecule has 33 heavy (non-hydrogen) atoms. The highest BCUT2D eigenvalue weighted by Gasteiger charge is 2.37. The molecule has 1 aliphatic heterocycles. The van der Waals surface area contributed by atoms with Crippen molar-refractivity contribution in [2.24, 2.45) is 0 Å². The number of halogens is 2. The maximum absolute atomic E-state index is 13.1. The third-order valence-electron chi connectivity index (χ3n) is 4.41. The lowest BCUT2D eigenvalue weighted by Crippen LogP contribution is -2.35. The molecule has 3 rings (SSSR count). The molecule has 0 N–H and O–H groups in total. The van der Waals surface area contributed by atoms with Crippen LogP contribution in [0.25, 0.3) is 6.08 Å². The molecule has 2 aromatic carbocycles. The second kappa shape index (κ2) is 10.8. The minimum absolute atomic E-state index is 0.167. The molecule has 0 aromatic heterocycles. The Hall–Kier alpha value is -2.85. The van der Waals surface area contributed by atoms with Crippen LogP contribution >= 0.6 is 27.7 Å². The predicted octanol–water partition coefficient (Wildman–Crippen LogP) is 5.16. The summed E-state index contributed by atoms with van der Waals surface area (Å²) < 4.78 is 29.9. The minimum atomic E-state index is -0.654. The number of amides is 2. The molecular formula is C23H21BrFNO6S. The first kappa shape index (κ1) is 24.8. The zero-order chi connectivity index (χ0) is 24.1. The number of carbonyl (C=O) groups excluding carboxylic acids is 3. The Kier molecular flexibility index (Phi) is 8.15. The van der Waals surface area contributed by atoms with E-state index in [-0.39, 0.29) is 23.4 Å². The summed E-state index contributed by atoms with van der Waals surface area (Å²) in [5.41, 5.74) is 1.36. The number of nitrogens with zero attached hydrogens (tertiary/aromatic N) is 1. The molecule has 1 heterocycles. The first-order valence-electron chi connectivity index (χ1n) is 9.87. The third-order valence-corrected chi connectivity index (χ3v) is 6.00. The van der Waals surface area contributed by atoms with Crippen molar-refractivity contribution in [2.75, 3.05) is 13.7 Å². The van der Waals surface area contributed by atoms with Gasteiger partial charge in [0.15, 0.2) is 11.5 Å². The van der Waals surface area contributed by atoms with E-state index < -0.39 is 23.7 Å². The number of ether oxygens (including phenoxy) is 3. The number of thioether (sulfide) groups is 1. The number of imide groups is 1. The van der Waals surface area contributed by atoms with E-state index in [9.17, 15) is 18.8 Å². The Morgan fingerprint density at radius 1 is 1.18 bits per heavy atom. The Labute approximate surface area is 203 Å². The standard InChI is InChI=1S/C23H21BrFNO6S/c1-13(2)32-21(27)11-26-22(28)20(33-23(26)29)9-15-8-18(30-3)19(10-17(15)24)31-12-14-4-6-16(25)7-5-14/h4-10,13H,11-12H2,1-3H3/b20-9+. The first-order valence-corrected chi connectivity index (χ1v) is 11.5. The van der Waals surface area contributed by atoms with Crippen LogP contribution in [-0.4, -0.2) is 41.8 Å². The molecule has 2 aromatic rings. The highest BCUT2D eigenvalue weighted by atomic mass is 79.9. The van der Waals surface area contributed by atoms with Gasteiger partial charge in [-0.2, -0.15) is 0 Å². The quantitative estimate of drug-likeness (QED) is 0.339. The Bertz CT molecular complexity index is 1100. The SMILES string of the molecule is COc1cc(/C=C2/SC(=O)N(CC(=O)OC(C)C)C2=O)c(Br)cc1OCc1ccc(F)cc1. The van der Waals surface area contributed by atoms with E-state index in [0.29, 0.717) is 21.5 Å². The average molecular weight is 538 g/mol. The van der Waals surface area contributed by atoms with Crippen LogP contribution in [0, 0.1) is 5.82 Å². The van der Waals surface area contributed by atoms with Crippen LogP contribution in [0.1, 0.15) is 25.0 Å². The Morgan fingerprint density at radius 3 is 2.52 bits per heavy atom. The van der Waals surface area contributed by atoms with Gasteiger partial charge in [0.25, 0.3) is 11.1 Å². The summed E-state index contributed by atoms with van der Waals surface area (Å²) in [5, 5.41) is -0.547. The molecule has 1 aliphatic rings. The van der Waals surface area contributed by atoms with Crippen molar-refractivity contribution in [1.82, 2.24) is 4.90 Å². The van der Waals surface area contributed by atoms with Crippen molar-refractivity contribution in [3.8, 4) is 11.5 Å². The van der Waals surface area contributed by atoms with Gasteiger partial charge in [-0.05, 0) is 67.1 Å². The van der Waals surface area contributed by atoms with Crippen molar-refractivity contribution in [1.29, 1.82) is 0 Å². The monoisotopic (exact) mass is 537 g/mol. The predicted molar refractivity (Wildman–Crippen MR) is 125 cm³/mol. The van der Waals surface area contributed by atoms with Crippen molar-refractivity contribution < 1.29 is 33.0 Å². The molecule has 0 radical (unpaired) electrons. The fourth-order valence-corrected chi connectivity index (χ4v) is 4.15. The van der Waals surface area contributed by atoms with E-state index in [1.165, 1.54) is 25.3 Å². The highest BCUT2D eigenvalue weighted by Crippen LogP contribution is 2.38. The molecule has 0 saturated carbocycles. The zero-order valence-corrected chi connectivity index (χ0v) is 20.5. The van der Waals surface area contributed by atoms with E-state index in [2.05, 4.69) is 15.9 Å². The largest absolute Gasteiger partial charge is 0.493 e. The number of methoxy groups -OCH3 is 1. The van der Waals surface area contributed by atoms with Crippen LogP contribution in [0.4, 0.5) is 9.18 Å². The second-order valence-electron chi connectivity index (χ2n) is 7.25. The lowest BCUT2D eigenvalue weighted by atomic mass is 10.1. The molecule has 7 nitrogen and oxygen atoms in total. The van der Waals surface area contributed by atoms with Gasteiger partial charge in [0.1, 0.15) is 19.0 Å². The molecule has 0 aliphatic carbocycles. The van der Waals surface area contributed by atoms with Crippen molar-refractivity contribution in [2.45, 2.75) is 26.6 Å². The summed E-state index contributed by atoms with van der Waals surface area (Å²) in [5.74, 6) is -0.710. The summed E-state index contributed by atoms with van der Waals surface area (Å²) in [6.45, 7) is 3.13. The number of rotatable bonds is 8. The first-order chi connectivity index (χ1) is 15.7. The number of carbonyl (C=O) groups is 3. The van der Waals surface area contributed by atoms with Crippen molar-refractivity contribution in [3.63, 3.8) is 0 Å². The minimum Gasteiger partial charge on any atom is -0.493 e. The van der Waals surface area contributed by atoms with Crippen LogP contribution in [0.3, 0.4) is 0 Å². The van der Waals surface area contributed by atoms with Gasteiger partial charge in [0.2, 0.25) is 0 Å². The van der Waals surface area contributed by atoms with Crippen LogP contribution in [0.5, 0.6) is 11.5 Å². The third kappa shape index (κ3) is 6.35. The normalized spacial score (nSPS) is 14.8. The van der Waals surface area contributed by atoms with Crippen molar-refractivity contribution in [3.05, 3.63) is 62.7 Å². The van der Waals surface area contributed by atoms with Gasteiger partial charge in [-0.3, -0.25) is 19.3 Å². The number of esters is 1. The summed E-state index contributed by atoms with van der Waals surface area (Å²) in [7, 11) is 1.48. The molecule has 0 unspecified atom stereocenters. The maximum Gasteiger partial charge on any atom is 0.326 e. The fraction of sp³-hybridized carbons (Fsp3) is 0.261. The number of benzene rings is 2. The summed E-state index contributed by atoms with van der Waals surface area (Å²) in [6, 6.07) is 9.29. The van der Waals surface area contributed by atoms with E-state index in [0.717, 1.165) is 22.2 Å². The zero-order valence-electron chi connectivity index (χ0n) is 18.1. The second-order valence-corrected chi connectivity index (χ2v) is 9.09. The molecule has 1 fully saturated rings. The molecule has 0 spiro atoms. The van der Waals surface area contributed by atoms with Crippen LogP contribution < -0.4 is 9.47 Å². The van der Waals surface area contributed by atoms with Crippen LogP contribution in [-0.2, 0) is 20.9 Å². The summed E-state index contributed by atoms with van der Waals surface area (Å²) in [6.07, 6.45) is 1.19. The van der Waals surface area contributed by atoms with E-state index in [4.69, 9.17) is 14.2 Å². The van der Waals surface area contributed by atoms with Gasteiger partial charge in [0.05, 0.1) is 18.1 Å². The average Bonchev–Trinajstić information content (AvgIpc) is 3.01. The molecule has 174 valence electrons. The van der Waals surface area contributed by atoms with E-state index in [1.807, 2.05) is 0 Å². The molecule has 10 heteroatoms. The molecule has 0 atom stereocenters. The summed E-state index contributed by atoms with van der Waals surface area (Å²) in [4.78, 5) is 37.8. The van der Waals surface area contributed by atoms with Gasteiger partial charge in [0, 0.05) is 4.47 Å². The Balaban J connectivity index is 1.77. The van der Waals surface area contributed by atoms with Gasteiger partial charge in [-0.1, -0.05) is 28.1 Å². The van der Waals surface area contributed by atoms with Crippen molar-refractivity contribution >= 4 is 50.9 Å². The van der Waals surface area contributed by atoms with E-state index >= 15 is 0 Å². The topological polar surface area (TPSA) is 82.1 Å². The van der Waals surface area contributed by atoms with E-state index in [1.54, 1.807) is 38.1 Å². The molecule has 0 bridgehead atoms.